The van der Waals surface area contributed by atoms with Crippen LogP contribution in [0, 0.1) is 5.92 Å². The number of allylic oxidation sites excluding steroid dienone is 2. The number of Topliss-reactive ketones (excluding diaryl/α,β-unsaturated/α-hetero) is 1. The number of aromatic nitrogens is 4. The zero-order valence-electron chi connectivity index (χ0n) is 25.5. The number of hydrogen-bond acceptors (Lipinski definition) is 9. The Kier molecular flexibility index (Phi) is 8.41. The fraction of sp³-hybridized carbons (Fsp3) is 0.412. The van der Waals surface area contributed by atoms with Gasteiger partial charge in [0, 0.05) is 42.6 Å². The number of H-pyrrole nitrogens is 1. The largest absolute Gasteiger partial charge is 0.491 e. The van der Waals surface area contributed by atoms with Crippen LogP contribution in [0.2, 0.25) is 0 Å². The molecule has 1 fully saturated rings. The number of aliphatic imine (C=N–C) groups is 1. The average Bonchev–Trinajstić information content (AvgIpc) is 3.77. The van der Waals surface area contributed by atoms with Crippen molar-refractivity contribution in [1.29, 1.82) is 0 Å². The van der Waals surface area contributed by atoms with Crippen LogP contribution >= 0.6 is 0 Å². The molecule has 4 aromatic rings. The number of anilines is 1. The summed E-state index contributed by atoms with van der Waals surface area (Å²) >= 11 is 0. The maximum Gasteiger partial charge on any atom is 0.307 e. The lowest BCUT2D eigenvalue weighted by atomic mass is 9.90. The first-order valence-electron chi connectivity index (χ1n) is 15.2. The molecule has 0 unspecified atom stereocenters. The number of ether oxygens (including phenoxy) is 2. The molecular weight excluding hydrogens is 556 g/mol. The predicted molar refractivity (Wildman–Crippen MR) is 170 cm³/mol. The van der Waals surface area contributed by atoms with Crippen molar-refractivity contribution in [2.75, 3.05) is 18.1 Å². The van der Waals surface area contributed by atoms with Gasteiger partial charge in [0.2, 0.25) is 0 Å². The first kappa shape index (κ1) is 29.5. The molecule has 0 radical (unpaired) electrons. The Balaban J connectivity index is 1.17. The third kappa shape index (κ3) is 6.79. The maximum absolute atomic E-state index is 13.6. The molecule has 0 bridgehead atoms. The van der Waals surface area contributed by atoms with E-state index in [0.29, 0.717) is 18.7 Å². The first-order chi connectivity index (χ1) is 21.2. The minimum Gasteiger partial charge on any atom is -0.491 e. The van der Waals surface area contributed by atoms with E-state index < -0.39 is 11.5 Å². The van der Waals surface area contributed by atoms with Crippen molar-refractivity contribution in [2.24, 2.45) is 10.9 Å². The third-order valence-corrected chi connectivity index (χ3v) is 8.03. The molecule has 0 amide bonds. The van der Waals surface area contributed by atoms with E-state index in [1.54, 1.807) is 12.7 Å². The minimum atomic E-state index is -0.611. The highest BCUT2D eigenvalue weighted by Crippen LogP contribution is 2.32. The van der Waals surface area contributed by atoms with Gasteiger partial charge in [-0.25, -0.2) is 15.0 Å². The topological polar surface area (TPSA) is 123 Å². The van der Waals surface area contributed by atoms with Gasteiger partial charge in [-0.2, -0.15) is 0 Å². The molecule has 228 valence electrons. The number of aromatic amines is 1. The molecule has 0 saturated carbocycles. The maximum atomic E-state index is 13.6. The van der Waals surface area contributed by atoms with Gasteiger partial charge in [-0.3, -0.25) is 14.6 Å². The molecule has 4 heterocycles. The lowest BCUT2D eigenvalue weighted by Gasteiger charge is -2.26. The molecule has 2 atom stereocenters. The molecule has 2 aliphatic heterocycles. The summed E-state index contributed by atoms with van der Waals surface area (Å²) in [6.07, 6.45) is 10.5. The number of ketones is 1. The van der Waals surface area contributed by atoms with Gasteiger partial charge in [-0.15, -0.1) is 0 Å². The molecule has 0 aliphatic carbocycles. The number of benzene rings is 2. The number of carbonyl (C=O) groups excluding carboxylic acids is 2. The molecule has 6 rings (SSSR count). The van der Waals surface area contributed by atoms with Crippen molar-refractivity contribution in [3.8, 4) is 5.75 Å². The Labute approximate surface area is 256 Å². The van der Waals surface area contributed by atoms with Gasteiger partial charge in [-0.05, 0) is 63.1 Å². The van der Waals surface area contributed by atoms with Gasteiger partial charge in [0.25, 0.3) is 0 Å². The fourth-order valence-corrected chi connectivity index (χ4v) is 6.00. The average molecular weight is 595 g/mol. The Morgan fingerprint density at radius 1 is 1.14 bits per heavy atom. The Bertz CT molecular complexity index is 1740. The first-order valence-corrected chi connectivity index (χ1v) is 15.2. The van der Waals surface area contributed by atoms with Crippen LogP contribution in [0.3, 0.4) is 0 Å². The molecule has 2 aromatic carbocycles. The van der Waals surface area contributed by atoms with Crippen LogP contribution in [-0.4, -0.2) is 62.7 Å². The molecule has 1 N–H and O–H groups in total. The molecule has 10 nitrogen and oxygen atoms in total. The van der Waals surface area contributed by atoms with Crippen molar-refractivity contribution in [3.63, 3.8) is 0 Å². The normalized spacial score (nSPS) is 17.3. The molecule has 44 heavy (non-hydrogen) atoms. The molecule has 2 aliphatic rings. The summed E-state index contributed by atoms with van der Waals surface area (Å²) in [6.45, 7) is 6.87. The van der Waals surface area contributed by atoms with E-state index in [0.717, 1.165) is 64.9 Å². The van der Waals surface area contributed by atoms with E-state index in [1.165, 1.54) is 0 Å². The van der Waals surface area contributed by atoms with Crippen LogP contribution in [0.5, 0.6) is 5.75 Å². The minimum absolute atomic E-state index is 0.00632. The summed E-state index contributed by atoms with van der Waals surface area (Å²) in [4.78, 5) is 49.2. The third-order valence-electron chi connectivity index (χ3n) is 8.03. The zero-order valence-corrected chi connectivity index (χ0v) is 25.5. The highest BCUT2D eigenvalue weighted by Gasteiger charge is 2.29. The number of fused-ring (bicyclic) bond motifs is 2. The van der Waals surface area contributed by atoms with Gasteiger partial charge in [0.1, 0.15) is 35.6 Å². The Morgan fingerprint density at radius 3 is 2.84 bits per heavy atom. The number of esters is 1. The van der Waals surface area contributed by atoms with E-state index in [-0.39, 0.29) is 30.6 Å². The summed E-state index contributed by atoms with van der Waals surface area (Å²) in [7, 11) is 0. The number of nitrogens with one attached hydrogen (secondary N) is 1. The van der Waals surface area contributed by atoms with Crippen LogP contribution in [0.15, 0.2) is 65.8 Å². The molecular formula is C34H38N6O4. The second kappa shape index (κ2) is 12.6. The summed E-state index contributed by atoms with van der Waals surface area (Å²) in [5.74, 6) is 0.730. The number of imidazole rings is 1. The molecule has 10 heteroatoms. The van der Waals surface area contributed by atoms with Crippen molar-refractivity contribution in [2.45, 2.75) is 70.9 Å². The fourth-order valence-electron chi connectivity index (χ4n) is 6.00. The molecule has 2 aromatic heterocycles. The predicted octanol–water partition coefficient (Wildman–Crippen LogP) is 5.76. The van der Waals surface area contributed by atoms with Crippen LogP contribution < -0.4 is 9.64 Å². The Hall–Kier alpha value is -4.60. The summed E-state index contributed by atoms with van der Waals surface area (Å²) in [5, 5.41) is 1.99. The molecule has 1 saturated heterocycles. The van der Waals surface area contributed by atoms with Gasteiger partial charge >= 0.3 is 5.97 Å². The van der Waals surface area contributed by atoms with E-state index in [4.69, 9.17) is 9.47 Å². The van der Waals surface area contributed by atoms with E-state index in [1.807, 2.05) is 69.5 Å². The monoisotopic (exact) mass is 594 g/mol. The summed E-state index contributed by atoms with van der Waals surface area (Å²) < 4.78 is 12.0. The van der Waals surface area contributed by atoms with Crippen LogP contribution in [-0.2, 0) is 20.7 Å². The van der Waals surface area contributed by atoms with Gasteiger partial charge in [0.15, 0.2) is 11.5 Å². The van der Waals surface area contributed by atoms with E-state index >= 15 is 0 Å². The second-order valence-corrected chi connectivity index (χ2v) is 12.5. The standard InChI is InChI=1S/C34H38N6O4/c1-34(2,3)44-30(42)18-24(17-25-8-5-13-35-25)28(41)16-22-11-12-23-7-4-10-29(27(23)15-22)43-19-26-9-6-14-40(26)33-31-32(37-20-36-31)38-21-39-33/h4,7-8,10-13,15,20-21,24,26H,5-6,9,14,16-19H2,1-3H3,(H,36,37,38,39)/t24-,26-/m1/s1. The smallest absolute Gasteiger partial charge is 0.307 e. The highest BCUT2D eigenvalue weighted by atomic mass is 16.6. The molecule has 0 spiro atoms. The van der Waals surface area contributed by atoms with Gasteiger partial charge in [0.05, 0.1) is 18.8 Å². The Morgan fingerprint density at radius 2 is 2.02 bits per heavy atom. The van der Waals surface area contributed by atoms with Crippen molar-refractivity contribution >= 4 is 45.7 Å². The van der Waals surface area contributed by atoms with E-state index in [2.05, 4.69) is 29.8 Å². The summed E-state index contributed by atoms with van der Waals surface area (Å²) in [6, 6.07) is 12.2. The van der Waals surface area contributed by atoms with E-state index in [9.17, 15) is 9.59 Å². The van der Waals surface area contributed by atoms with Crippen LogP contribution in [0.25, 0.3) is 21.9 Å². The summed E-state index contributed by atoms with van der Waals surface area (Å²) in [5.41, 5.74) is 2.59. The van der Waals surface area contributed by atoms with Crippen molar-refractivity contribution < 1.29 is 19.1 Å². The number of rotatable bonds is 11. The van der Waals surface area contributed by atoms with Crippen molar-refractivity contribution in [3.05, 3.63) is 66.4 Å². The zero-order chi connectivity index (χ0) is 30.7. The van der Waals surface area contributed by atoms with Crippen LogP contribution in [0.4, 0.5) is 5.82 Å². The van der Waals surface area contributed by atoms with Gasteiger partial charge < -0.3 is 19.4 Å². The highest BCUT2D eigenvalue weighted by molar-refractivity contribution is 5.92. The number of hydrogen-bond donors (Lipinski definition) is 1. The lowest BCUT2D eigenvalue weighted by Crippen LogP contribution is -2.35. The number of carbonyl (C=O) groups is 2. The van der Waals surface area contributed by atoms with Crippen molar-refractivity contribution in [1.82, 2.24) is 19.9 Å². The number of nitrogens with zero attached hydrogens (tertiary/aromatic N) is 5. The van der Waals surface area contributed by atoms with Gasteiger partial charge in [-0.1, -0.05) is 30.3 Å². The SMILES string of the molecule is CC(C)(C)OC(=O)C[C@@H](CC1=CCC=N1)C(=O)Cc1ccc2cccc(OC[C@H]3CCCN3c3ncnc4nc[nH]c34)c2c1. The van der Waals surface area contributed by atoms with Crippen LogP contribution in [0.1, 0.15) is 58.4 Å². The second-order valence-electron chi connectivity index (χ2n) is 12.5. The quantitative estimate of drug-likeness (QED) is 0.218. The lowest BCUT2D eigenvalue weighted by molar-refractivity contribution is -0.157.